The number of rotatable bonds is 12. The summed E-state index contributed by atoms with van der Waals surface area (Å²) in [5.74, 6) is 0.789. The monoisotopic (exact) mass is 405 g/mol. The van der Waals surface area contributed by atoms with E-state index in [-0.39, 0.29) is 5.91 Å². The fourth-order valence-corrected chi connectivity index (χ4v) is 3.65. The van der Waals surface area contributed by atoms with E-state index in [0.717, 1.165) is 32.1 Å². The lowest BCUT2D eigenvalue weighted by molar-refractivity contribution is -0.130. The van der Waals surface area contributed by atoms with Crippen LogP contribution in [0.3, 0.4) is 0 Å². The van der Waals surface area contributed by atoms with E-state index < -0.39 is 11.2 Å². The van der Waals surface area contributed by atoms with Crippen LogP contribution in [0.25, 0.3) is 11.2 Å². The van der Waals surface area contributed by atoms with Gasteiger partial charge in [0.25, 0.3) is 5.56 Å². The molecule has 0 spiro atoms. The molecule has 1 N–H and O–H groups in total. The Bertz CT molecular complexity index is 921. The van der Waals surface area contributed by atoms with E-state index in [0.29, 0.717) is 56.0 Å². The van der Waals surface area contributed by atoms with Crippen molar-refractivity contribution < 1.29 is 4.79 Å². The van der Waals surface area contributed by atoms with Crippen molar-refractivity contribution in [3.05, 3.63) is 26.7 Å². The number of carbonyl (C=O) groups excluding carboxylic acids is 1. The van der Waals surface area contributed by atoms with Crippen molar-refractivity contribution in [2.24, 2.45) is 0 Å². The number of hydrogen-bond donors (Lipinski definition) is 1. The summed E-state index contributed by atoms with van der Waals surface area (Å²) in [6, 6.07) is 0. The van der Waals surface area contributed by atoms with Crippen molar-refractivity contribution in [1.29, 1.82) is 0 Å². The number of aromatic amines is 1. The van der Waals surface area contributed by atoms with Gasteiger partial charge in [-0.2, -0.15) is 0 Å². The normalized spacial score (nSPS) is 11.3. The smallest absolute Gasteiger partial charge is 0.330 e. The first-order chi connectivity index (χ1) is 14.0. The van der Waals surface area contributed by atoms with Crippen LogP contribution in [-0.2, 0) is 24.3 Å². The number of hydrogen-bond acceptors (Lipinski definition) is 4. The Hall–Kier alpha value is -2.38. The van der Waals surface area contributed by atoms with E-state index >= 15 is 0 Å². The molecule has 0 aliphatic rings. The van der Waals surface area contributed by atoms with Gasteiger partial charge in [-0.25, -0.2) is 9.78 Å². The highest BCUT2D eigenvalue weighted by molar-refractivity contribution is 5.76. The lowest BCUT2D eigenvalue weighted by atomic mass is 10.2. The van der Waals surface area contributed by atoms with Gasteiger partial charge in [-0.3, -0.25) is 19.1 Å². The first kappa shape index (κ1) is 22.9. The van der Waals surface area contributed by atoms with Crippen LogP contribution in [0.2, 0.25) is 0 Å². The highest BCUT2D eigenvalue weighted by Gasteiger charge is 2.19. The molecular weight excluding hydrogens is 370 g/mol. The summed E-state index contributed by atoms with van der Waals surface area (Å²) in [6.45, 7) is 10.7. The number of amides is 1. The molecule has 0 aliphatic carbocycles. The van der Waals surface area contributed by atoms with Crippen molar-refractivity contribution in [2.75, 3.05) is 13.1 Å². The zero-order valence-electron chi connectivity index (χ0n) is 18.3. The number of H-pyrrole nitrogens is 1. The molecule has 0 atom stereocenters. The topological polar surface area (TPSA) is 93.0 Å². The minimum Gasteiger partial charge on any atom is -0.343 e. The molecular formula is C21H35N5O3. The van der Waals surface area contributed by atoms with Gasteiger partial charge in [0.1, 0.15) is 5.82 Å². The molecule has 0 saturated carbocycles. The maximum Gasteiger partial charge on any atom is 0.330 e. The van der Waals surface area contributed by atoms with Gasteiger partial charge in [-0.15, -0.1) is 0 Å². The third-order valence-electron chi connectivity index (χ3n) is 5.36. The lowest BCUT2D eigenvalue weighted by Gasteiger charge is -2.18. The number of aromatic nitrogens is 4. The summed E-state index contributed by atoms with van der Waals surface area (Å²) in [6.07, 6.45) is 5.61. The Morgan fingerprint density at radius 1 is 0.966 bits per heavy atom. The highest BCUT2D eigenvalue weighted by Crippen LogP contribution is 2.16. The molecule has 2 aromatic rings. The number of carbonyl (C=O) groups is 1. The number of imidazole rings is 1. The number of nitrogens with zero attached hydrogens (tertiary/aromatic N) is 4. The second kappa shape index (κ2) is 11.0. The van der Waals surface area contributed by atoms with Crippen molar-refractivity contribution in [1.82, 2.24) is 24.0 Å². The van der Waals surface area contributed by atoms with E-state index in [2.05, 4.69) is 23.8 Å². The van der Waals surface area contributed by atoms with Crippen LogP contribution < -0.4 is 11.2 Å². The predicted octanol–water partition coefficient (Wildman–Crippen LogP) is 2.68. The Kier molecular flexibility index (Phi) is 8.67. The average Bonchev–Trinajstić information content (AvgIpc) is 3.06. The standard InChI is InChI=1S/C21H35N5O3/c1-5-9-11-15-25-16(12-13-17(27)24(7-3)8-4)22-19-18(25)20(28)23-21(29)26(19)14-10-6-2/h5-15H2,1-4H3,(H,23,28,29). The Labute approximate surface area is 171 Å². The Morgan fingerprint density at radius 2 is 1.62 bits per heavy atom. The van der Waals surface area contributed by atoms with Crippen LogP contribution in [0.1, 0.15) is 72.0 Å². The minimum absolute atomic E-state index is 0.0828. The summed E-state index contributed by atoms with van der Waals surface area (Å²) in [5.41, 5.74) is 0.0686. The zero-order valence-corrected chi connectivity index (χ0v) is 18.3. The van der Waals surface area contributed by atoms with E-state index in [1.165, 1.54) is 0 Å². The first-order valence-electron chi connectivity index (χ1n) is 11.0. The molecule has 2 aromatic heterocycles. The van der Waals surface area contributed by atoms with Crippen LogP contribution in [0.15, 0.2) is 9.59 Å². The number of unbranched alkanes of at least 4 members (excludes halogenated alkanes) is 3. The van der Waals surface area contributed by atoms with Gasteiger partial charge >= 0.3 is 5.69 Å². The van der Waals surface area contributed by atoms with Crippen molar-refractivity contribution in [2.45, 2.75) is 85.7 Å². The van der Waals surface area contributed by atoms with Gasteiger partial charge in [0, 0.05) is 39.0 Å². The molecule has 0 bridgehead atoms. The van der Waals surface area contributed by atoms with Crippen LogP contribution in [0.5, 0.6) is 0 Å². The maximum atomic E-state index is 12.6. The molecule has 2 heterocycles. The van der Waals surface area contributed by atoms with E-state index in [1.807, 2.05) is 18.4 Å². The van der Waals surface area contributed by atoms with Crippen LogP contribution >= 0.6 is 0 Å². The molecule has 0 radical (unpaired) electrons. The fraction of sp³-hybridized carbons (Fsp3) is 0.714. The van der Waals surface area contributed by atoms with Gasteiger partial charge < -0.3 is 9.47 Å². The SMILES string of the molecule is CCCCCn1c(CCC(=O)N(CC)CC)nc2c1c(=O)[nH]c(=O)n2CCCC. The third kappa shape index (κ3) is 5.36. The van der Waals surface area contributed by atoms with E-state index in [4.69, 9.17) is 0 Å². The van der Waals surface area contributed by atoms with Crippen molar-refractivity contribution in [3.8, 4) is 0 Å². The van der Waals surface area contributed by atoms with Crippen LogP contribution in [-0.4, -0.2) is 43.0 Å². The molecule has 0 aliphatic heterocycles. The van der Waals surface area contributed by atoms with Crippen molar-refractivity contribution in [3.63, 3.8) is 0 Å². The molecule has 8 heteroatoms. The van der Waals surface area contributed by atoms with Gasteiger partial charge in [0.05, 0.1) is 0 Å². The predicted molar refractivity (Wildman–Crippen MR) is 115 cm³/mol. The summed E-state index contributed by atoms with van der Waals surface area (Å²) >= 11 is 0. The summed E-state index contributed by atoms with van der Waals surface area (Å²) in [7, 11) is 0. The van der Waals surface area contributed by atoms with E-state index in [1.54, 1.807) is 9.47 Å². The number of nitrogens with one attached hydrogen (secondary N) is 1. The molecule has 2 rings (SSSR count). The van der Waals surface area contributed by atoms with Gasteiger partial charge in [-0.1, -0.05) is 33.1 Å². The van der Waals surface area contributed by atoms with Crippen molar-refractivity contribution >= 4 is 17.1 Å². The second-order valence-corrected chi connectivity index (χ2v) is 7.39. The molecule has 0 saturated heterocycles. The van der Waals surface area contributed by atoms with Crippen LogP contribution in [0.4, 0.5) is 0 Å². The summed E-state index contributed by atoms with van der Waals surface area (Å²) < 4.78 is 3.48. The zero-order chi connectivity index (χ0) is 21.4. The molecule has 162 valence electrons. The summed E-state index contributed by atoms with van der Waals surface area (Å²) in [4.78, 5) is 46.4. The minimum atomic E-state index is -0.417. The Balaban J connectivity index is 2.47. The lowest BCUT2D eigenvalue weighted by Crippen LogP contribution is -2.31. The summed E-state index contributed by atoms with van der Waals surface area (Å²) in [5, 5.41) is 0. The molecule has 0 aromatic carbocycles. The van der Waals surface area contributed by atoms with Crippen LogP contribution in [0, 0.1) is 0 Å². The van der Waals surface area contributed by atoms with Gasteiger partial charge in [0.2, 0.25) is 5.91 Å². The largest absolute Gasteiger partial charge is 0.343 e. The molecule has 29 heavy (non-hydrogen) atoms. The highest BCUT2D eigenvalue weighted by atomic mass is 16.2. The molecule has 0 unspecified atom stereocenters. The van der Waals surface area contributed by atoms with E-state index in [9.17, 15) is 14.4 Å². The second-order valence-electron chi connectivity index (χ2n) is 7.39. The molecule has 1 amide bonds. The number of aryl methyl sites for hydroxylation is 3. The quantitative estimate of drug-likeness (QED) is 0.550. The fourth-order valence-electron chi connectivity index (χ4n) is 3.65. The molecule has 8 nitrogen and oxygen atoms in total. The average molecular weight is 406 g/mol. The van der Waals surface area contributed by atoms with Gasteiger partial charge in [0.15, 0.2) is 11.2 Å². The molecule has 0 fully saturated rings. The third-order valence-corrected chi connectivity index (χ3v) is 5.36. The Morgan fingerprint density at radius 3 is 2.24 bits per heavy atom. The maximum absolute atomic E-state index is 12.6. The van der Waals surface area contributed by atoms with Gasteiger partial charge in [-0.05, 0) is 26.7 Å². The first-order valence-corrected chi connectivity index (χ1v) is 11.0. The number of fused-ring (bicyclic) bond motifs is 1.